The lowest BCUT2D eigenvalue weighted by molar-refractivity contribution is -0.149. The first-order valence-corrected chi connectivity index (χ1v) is 9.71. The standard InChI is InChI=1S/C22H27N3O4/c1-16(27)25-19(21(20(25)15-26)17-7-4-3-5-8-17)14-24(11-12-29-2)22(28)18-9-6-10-23-13-18/h3-10,13,19-21,26H,11-12,14-15H2,1-2H3/t19-,20+,21-/m1/s1. The van der Waals surface area contributed by atoms with Gasteiger partial charge in [0.25, 0.3) is 5.91 Å². The molecule has 154 valence electrons. The number of amides is 2. The monoisotopic (exact) mass is 397 g/mol. The third-order valence-corrected chi connectivity index (χ3v) is 5.45. The molecule has 3 rings (SSSR count). The molecule has 7 heteroatoms. The van der Waals surface area contributed by atoms with E-state index in [0.29, 0.717) is 25.3 Å². The second kappa shape index (κ2) is 9.62. The van der Waals surface area contributed by atoms with Crippen molar-refractivity contribution in [2.75, 3.05) is 33.4 Å². The number of aromatic nitrogens is 1. The molecule has 1 aliphatic heterocycles. The van der Waals surface area contributed by atoms with E-state index in [1.807, 2.05) is 30.3 Å². The molecule has 0 radical (unpaired) electrons. The molecule has 1 fully saturated rings. The van der Waals surface area contributed by atoms with E-state index in [1.165, 1.54) is 13.1 Å². The fourth-order valence-corrected chi connectivity index (χ4v) is 4.11. The van der Waals surface area contributed by atoms with Gasteiger partial charge in [-0.1, -0.05) is 30.3 Å². The van der Waals surface area contributed by atoms with Crippen molar-refractivity contribution < 1.29 is 19.4 Å². The smallest absolute Gasteiger partial charge is 0.255 e. The van der Waals surface area contributed by atoms with Crippen LogP contribution in [0, 0.1) is 0 Å². The van der Waals surface area contributed by atoms with Crippen LogP contribution in [-0.4, -0.2) is 77.2 Å². The Kier molecular flexibility index (Phi) is 6.95. The van der Waals surface area contributed by atoms with Crippen molar-refractivity contribution in [3.05, 3.63) is 66.0 Å². The number of hydrogen-bond donors (Lipinski definition) is 1. The second-order valence-electron chi connectivity index (χ2n) is 7.17. The van der Waals surface area contributed by atoms with Gasteiger partial charge < -0.3 is 19.6 Å². The number of aliphatic hydroxyl groups is 1. The van der Waals surface area contributed by atoms with Crippen LogP contribution in [0.1, 0.15) is 28.8 Å². The van der Waals surface area contributed by atoms with E-state index in [9.17, 15) is 14.7 Å². The number of aliphatic hydroxyl groups excluding tert-OH is 1. The summed E-state index contributed by atoms with van der Waals surface area (Å²) in [5.41, 5.74) is 1.54. The van der Waals surface area contributed by atoms with E-state index < -0.39 is 0 Å². The largest absolute Gasteiger partial charge is 0.394 e. The fraction of sp³-hybridized carbons (Fsp3) is 0.409. The molecule has 0 unspecified atom stereocenters. The summed E-state index contributed by atoms with van der Waals surface area (Å²) in [6.07, 6.45) is 3.16. The quantitative estimate of drug-likeness (QED) is 0.731. The molecule has 0 saturated carbocycles. The summed E-state index contributed by atoms with van der Waals surface area (Å²) in [5, 5.41) is 9.91. The van der Waals surface area contributed by atoms with Crippen LogP contribution < -0.4 is 0 Å². The highest BCUT2D eigenvalue weighted by Gasteiger charge is 2.50. The van der Waals surface area contributed by atoms with Crippen LogP contribution in [0.5, 0.6) is 0 Å². The Balaban J connectivity index is 1.88. The minimum absolute atomic E-state index is 0.0446. The number of carbonyl (C=O) groups is 2. The van der Waals surface area contributed by atoms with Crippen molar-refractivity contribution in [1.82, 2.24) is 14.8 Å². The average Bonchev–Trinajstić information content (AvgIpc) is 2.73. The van der Waals surface area contributed by atoms with E-state index in [-0.39, 0.29) is 36.4 Å². The molecule has 2 heterocycles. The van der Waals surface area contributed by atoms with Crippen molar-refractivity contribution >= 4 is 11.8 Å². The third-order valence-electron chi connectivity index (χ3n) is 5.45. The lowest BCUT2D eigenvalue weighted by atomic mass is 9.74. The van der Waals surface area contributed by atoms with Gasteiger partial charge in [0.05, 0.1) is 30.9 Å². The van der Waals surface area contributed by atoms with Crippen molar-refractivity contribution in [2.24, 2.45) is 0 Å². The van der Waals surface area contributed by atoms with Gasteiger partial charge in [-0.3, -0.25) is 14.6 Å². The van der Waals surface area contributed by atoms with Crippen LogP contribution in [0.15, 0.2) is 54.9 Å². The minimum Gasteiger partial charge on any atom is -0.394 e. The normalized spacial score (nSPS) is 20.8. The molecule has 1 N–H and O–H groups in total. The van der Waals surface area contributed by atoms with Crippen LogP contribution in [0.3, 0.4) is 0 Å². The van der Waals surface area contributed by atoms with Gasteiger partial charge in [-0.05, 0) is 17.7 Å². The number of nitrogens with zero attached hydrogens (tertiary/aromatic N) is 3. The highest BCUT2D eigenvalue weighted by molar-refractivity contribution is 5.94. The summed E-state index contributed by atoms with van der Waals surface area (Å²) in [4.78, 5) is 32.8. The summed E-state index contributed by atoms with van der Waals surface area (Å²) in [6.45, 7) is 2.52. The predicted molar refractivity (Wildman–Crippen MR) is 108 cm³/mol. The summed E-state index contributed by atoms with van der Waals surface area (Å²) < 4.78 is 5.19. The van der Waals surface area contributed by atoms with Gasteiger partial charge in [0.15, 0.2) is 0 Å². The van der Waals surface area contributed by atoms with E-state index >= 15 is 0 Å². The first-order valence-electron chi connectivity index (χ1n) is 9.71. The van der Waals surface area contributed by atoms with Gasteiger partial charge in [-0.25, -0.2) is 0 Å². The minimum atomic E-state index is -0.294. The van der Waals surface area contributed by atoms with E-state index in [2.05, 4.69) is 4.98 Å². The average molecular weight is 397 g/mol. The molecule has 2 amide bonds. The zero-order valence-corrected chi connectivity index (χ0v) is 16.8. The predicted octanol–water partition coefficient (Wildman–Crippen LogP) is 1.55. The van der Waals surface area contributed by atoms with Crippen molar-refractivity contribution in [2.45, 2.75) is 24.9 Å². The SMILES string of the molecule is COCCN(C[C@@H]1[C@@H](c2ccccc2)[C@H](CO)N1C(C)=O)C(=O)c1cccnc1. The molecule has 2 aromatic rings. The Hall–Kier alpha value is -2.77. The number of methoxy groups -OCH3 is 1. The second-order valence-corrected chi connectivity index (χ2v) is 7.17. The Morgan fingerprint density at radius 2 is 1.93 bits per heavy atom. The maximum Gasteiger partial charge on any atom is 0.255 e. The van der Waals surface area contributed by atoms with Crippen molar-refractivity contribution in [1.29, 1.82) is 0 Å². The Morgan fingerprint density at radius 3 is 2.52 bits per heavy atom. The van der Waals surface area contributed by atoms with Crippen molar-refractivity contribution in [3.8, 4) is 0 Å². The van der Waals surface area contributed by atoms with Crippen LogP contribution >= 0.6 is 0 Å². The lowest BCUT2D eigenvalue weighted by Gasteiger charge is -2.55. The number of hydrogen-bond acceptors (Lipinski definition) is 5. The summed E-state index contributed by atoms with van der Waals surface area (Å²) in [7, 11) is 1.59. The van der Waals surface area contributed by atoms with Crippen LogP contribution in [0.4, 0.5) is 0 Å². The van der Waals surface area contributed by atoms with Crippen LogP contribution in [0.25, 0.3) is 0 Å². The first kappa shape index (κ1) is 21.0. The molecule has 7 nitrogen and oxygen atoms in total. The Bertz CT molecular complexity index is 815. The van der Waals surface area contributed by atoms with E-state index in [0.717, 1.165) is 5.56 Å². The number of carbonyl (C=O) groups excluding carboxylic acids is 2. The molecule has 3 atom stereocenters. The molecular weight excluding hydrogens is 370 g/mol. The highest BCUT2D eigenvalue weighted by Crippen LogP contribution is 2.41. The zero-order valence-electron chi connectivity index (χ0n) is 16.8. The lowest BCUT2D eigenvalue weighted by Crippen LogP contribution is -2.68. The molecule has 1 aromatic carbocycles. The van der Waals surface area contributed by atoms with E-state index in [4.69, 9.17) is 4.74 Å². The maximum atomic E-state index is 13.1. The molecule has 0 aliphatic carbocycles. The van der Waals surface area contributed by atoms with Gasteiger partial charge >= 0.3 is 0 Å². The van der Waals surface area contributed by atoms with Crippen molar-refractivity contribution in [3.63, 3.8) is 0 Å². The molecule has 1 aromatic heterocycles. The Labute approximate surface area is 170 Å². The zero-order chi connectivity index (χ0) is 20.8. The van der Waals surface area contributed by atoms with Gasteiger partial charge in [0.1, 0.15) is 0 Å². The summed E-state index contributed by atoms with van der Waals surface area (Å²) >= 11 is 0. The fourth-order valence-electron chi connectivity index (χ4n) is 4.11. The number of pyridine rings is 1. The topological polar surface area (TPSA) is 83.0 Å². The number of ether oxygens (including phenoxy) is 1. The van der Waals surface area contributed by atoms with Gasteiger partial charge in [0, 0.05) is 45.4 Å². The Morgan fingerprint density at radius 1 is 1.17 bits per heavy atom. The molecule has 29 heavy (non-hydrogen) atoms. The summed E-state index contributed by atoms with van der Waals surface area (Å²) in [5.74, 6) is -0.309. The van der Waals surface area contributed by atoms with E-state index in [1.54, 1.807) is 35.2 Å². The van der Waals surface area contributed by atoms with Crippen LogP contribution in [-0.2, 0) is 9.53 Å². The van der Waals surface area contributed by atoms with Gasteiger partial charge in [-0.15, -0.1) is 0 Å². The van der Waals surface area contributed by atoms with Gasteiger partial charge in [0.2, 0.25) is 5.91 Å². The summed E-state index contributed by atoms with van der Waals surface area (Å²) in [6, 6.07) is 12.8. The maximum absolute atomic E-state index is 13.1. The molecule has 0 bridgehead atoms. The van der Waals surface area contributed by atoms with Crippen LogP contribution in [0.2, 0.25) is 0 Å². The van der Waals surface area contributed by atoms with Gasteiger partial charge in [-0.2, -0.15) is 0 Å². The number of likely N-dealkylation sites (tertiary alicyclic amines) is 1. The molecule has 0 spiro atoms. The third kappa shape index (κ3) is 4.46. The number of rotatable bonds is 8. The highest BCUT2D eigenvalue weighted by atomic mass is 16.5. The molecular formula is C22H27N3O4. The number of benzene rings is 1. The first-order chi connectivity index (χ1) is 14.1. The molecule has 1 saturated heterocycles. The molecule has 1 aliphatic rings.